The lowest BCUT2D eigenvalue weighted by Crippen LogP contribution is -2.68. The van der Waals surface area contributed by atoms with Crippen molar-refractivity contribution >= 4 is 0 Å². The summed E-state index contributed by atoms with van der Waals surface area (Å²) in [7, 11) is 0. The maximum atomic E-state index is 11.6. The van der Waals surface area contributed by atoms with Gasteiger partial charge >= 0.3 is 0 Å². The van der Waals surface area contributed by atoms with Crippen LogP contribution < -0.4 is 34.4 Å². The van der Waals surface area contributed by atoms with Crippen molar-refractivity contribution in [1.29, 1.82) is 0 Å². The third kappa shape index (κ3) is 8.36. The van der Waals surface area contributed by atoms with Crippen LogP contribution in [0.1, 0.15) is 6.42 Å². The zero-order chi connectivity index (χ0) is 37.5. The van der Waals surface area contributed by atoms with E-state index in [1.165, 1.54) is 0 Å². The lowest BCUT2D eigenvalue weighted by Gasteiger charge is -2.47. The van der Waals surface area contributed by atoms with Gasteiger partial charge in [-0.3, -0.25) is 0 Å². The van der Waals surface area contributed by atoms with Crippen molar-refractivity contribution in [3.63, 3.8) is 0 Å². The molecule has 1 saturated carbocycles. The Kier molecular flexibility index (Phi) is 14.0. The van der Waals surface area contributed by atoms with Crippen molar-refractivity contribution in [3.8, 4) is 0 Å². The fourth-order valence-corrected chi connectivity index (χ4v) is 6.92. The molecule has 0 radical (unpaired) electrons. The highest BCUT2D eigenvalue weighted by molar-refractivity contribution is 5.02. The molecule has 0 bridgehead atoms. The van der Waals surface area contributed by atoms with Gasteiger partial charge in [0.1, 0.15) is 85.5 Å². The number of aliphatic hydroxyl groups is 9. The van der Waals surface area contributed by atoms with Crippen LogP contribution in [-0.2, 0) is 37.9 Å². The lowest BCUT2D eigenvalue weighted by atomic mass is 9.84. The quantitative estimate of drug-likeness (QED) is 0.0881. The third-order valence-corrected chi connectivity index (χ3v) is 10.1. The molecule has 23 atom stereocenters. The number of hydrogen-bond acceptors (Lipinski definition) is 23. The highest BCUT2D eigenvalue weighted by Gasteiger charge is 2.55. The average molecular weight is 747 g/mol. The van der Waals surface area contributed by atoms with Crippen LogP contribution in [0.15, 0.2) is 0 Å². The second kappa shape index (κ2) is 17.3. The summed E-state index contributed by atoms with van der Waals surface area (Å²) in [6, 6.07) is -4.48. The van der Waals surface area contributed by atoms with Crippen molar-refractivity contribution < 1.29 is 83.9 Å². The predicted octanol–water partition coefficient (Wildman–Crippen LogP) is -10.4. The van der Waals surface area contributed by atoms with Gasteiger partial charge in [-0.1, -0.05) is 0 Å². The number of hydrogen-bond donors (Lipinski definition) is 15. The number of ether oxygens (including phenoxy) is 8. The maximum absolute atomic E-state index is 11.6. The monoisotopic (exact) mass is 746 g/mol. The molecule has 0 aromatic rings. The van der Waals surface area contributed by atoms with Crippen molar-refractivity contribution in [2.45, 2.75) is 147 Å². The van der Waals surface area contributed by atoms with Gasteiger partial charge in [0.2, 0.25) is 0 Å². The molecule has 51 heavy (non-hydrogen) atoms. The van der Waals surface area contributed by atoms with Gasteiger partial charge in [-0.25, -0.2) is 0 Å². The molecule has 4 saturated heterocycles. The summed E-state index contributed by atoms with van der Waals surface area (Å²) >= 11 is 0. The molecule has 23 heteroatoms. The molecular weight excluding hydrogens is 692 g/mol. The molecule has 1 aliphatic carbocycles. The predicted molar refractivity (Wildman–Crippen MR) is 165 cm³/mol. The molecule has 21 N–H and O–H groups in total. The van der Waals surface area contributed by atoms with Gasteiger partial charge in [-0.2, -0.15) is 0 Å². The zero-order valence-electron chi connectivity index (χ0n) is 27.6. The third-order valence-electron chi connectivity index (χ3n) is 10.1. The van der Waals surface area contributed by atoms with Crippen LogP contribution in [0, 0.1) is 0 Å². The summed E-state index contributed by atoms with van der Waals surface area (Å²) in [6.07, 6.45) is -26.8. The minimum atomic E-state index is -1.73. The summed E-state index contributed by atoms with van der Waals surface area (Å²) in [4.78, 5) is 0. The van der Waals surface area contributed by atoms with E-state index in [9.17, 15) is 46.0 Å². The number of aliphatic hydroxyl groups excluding tert-OH is 9. The molecule has 0 aromatic carbocycles. The molecule has 23 nitrogen and oxygen atoms in total. The van der Waals surface area contributed by atoms with Crippen LogP contribution in [0.4, 0.5) is 0 Å². The summed E-state index contributed by atoms with van der Waals surface area (Å²) in [5, 5.41) is 94.3. The van der Waals surface area contributed by atoms with E-state index in [1.54, 1.807) is 0 Å². The minimum Gasteiger partial charge on any atom is -0.394 e. The van der Waals surface area contributed by atoms with Crippen molar-refractivity contribution in [1.82, 2.24) is 0 Å². The molecule has 4 aliphatic heterocycles. The Hall–Kier alpha value is -0.920. The second-order valence-electron chi connectivity index (χ2n) is 13.6. The van der Waals surface area contributed by atoms with E-state index in [0.29, 0.717) is 0 Å². The molecule has 0 aromatic heterocycles. The normalized spacial score (nSPS) is 53.8. The fourth-order valence-electron chi connectivity index (χ4n) is 6.92. The van der Waals surface area contributed by atoms with Gasteiger partial charge in [-0.05, 0) is 6.42 Å². The first-order valence-electron chi connectivity index (χ1n) is 16.8. The Labute approximate surface area is 292 Å². The van der Waals surface area contributed by atoms with Gasteiger partial charge in [0.15, 0.2) is 25.2 Å². The van der Waals surface area contributed by atoms with Gasteiger partial charge in [-0.15, -0.1) is 0 Å². The van der Waals surface area contributed by atoms with Crippen LogP contribution in [0.5, 0.6) is 0 Å². The topological polar surface area (TPSA) is 412 Å². The zero-order valence-corrected chi connectivity index (χ0v) is 27.6. The van der Waals surface area contributed by atoms with E-state index in [2.05, 4.69) is 0 Å². The van der Waals surface area contributed by atoms with Gasteiger partial charge in [0.25, 0.3) is 0 Å². The van der Waals surface area contributed by atoms with E-state index in [-0.39, 0.29) is 19.5 Å². The van der Waals surface area contributed by atoms with Gasteiger partial charge in [0, 0.05) is 25.2 Å². The number of rotatable bonds is 12. The van der Waals surface area contributed by atoms with Crippen LogP contribution in [0.25, 0.3) is 0 Å². The average Bonchev–Trinajstić information content (AvgIpc) is 3.56. The smallest absolute Gasteiger partial charge is 0.187 e. The minimum absolute atomic E-state index is 0.0349. The van der Waals surface area contributed by atoms with Crippen molar-refractivity contribution in [2.24, 2.45) is 34.4 Å². The van der Waals surface area contributed by atoms with E-state index >= 15 is 0 Å². The Morgan fingerprint density at radius 1 is 0.471 bits per heavy atom. The first-order chi connectivity index (χ1) is 24.1. The molecule has 5 rings (SSSR count). The first kappa shape index (κ1) is 41.2. The van der Waals surface area contributed by atoms with Crippen LogP contribution in [0.3, 0.4) is 0 Å². The lowest BCUT2D eigenvalue weighted by molar-refractivity contribution is -0.307. The molecule has 4 heterocycles. The summed E-state index contributed by atoms with van der Waals surface area (Å²) in [6.45, 7) is -1.54. The van der Waals surface area contributed by atoms with Crippen molar-refractivity contribution in [3.05, 3.63) is 0 Å². The summed E-state index contributed by atoms with van der Waals surface area (Å²) in [5.41, 5.74) is 36.1. The Balaban J connectivity index is 1.36. The van der Waals surface area contributed by atoms with E-state index in [4.69, 9.17) is 72.3 Å². The largest absolute Gasteiger partial charge is 0.394 e. The highest BCUT2D eigenvalue weighted by atomic mass is 16.8. The van der Waals surface area contributed by atoms with Gasteiger partial charge in [0.05, 0.1) is 31.4 Å². The van der Waals surface area contributed by atoms with Crippen LogP contribution in [0.2, 0.25) is 0 Å². The first-order valence-corrected chi connectivity index (χ1v) is 16.8. The van der Waals surface area contributed by atoms with Crippen molar-refractivity contribution in [2.75, 3.05) is 26.3 Å². The molecule has 298 valence electrons. The molecule has 0 spiro atoms. The SMILES string of the molecule is NC[C@H]1O[C@H](O[C@H]2[C@H](O[C@@H]3O[C@H](CO[C@@H]4O[C@H](CO)[C@@H](O)[C@H]4O)[C@@H](O[C@H]4O[C@H](CN)[C@@H](O)[C@H](O)[C@H]4N)[C@H]3O)[C@@H](O)[C@H](N)C[C@@H]2N)[C@H](N)[C@@H](O)[C@@H]1O. The molecule has 0 unspecified atom stereocenters. The summed E-state index contributed by atoms with van der Waals surface area (Å²) < 4.78 is 46.5. The Morgan fingerprint density at radius 2 is 0.941 bits per heavy atom. The fraction of sp³-hybridized carbons (Fsp3) is 1.00. The van der Waals surface area contributed by atoms with E-state index in [1.807, 2.05) is 0 Å². The maximum Gasteiger partial charge on any atom is 0.187 e. The summed E-state index contributed by atoms with van der Waals surface area (Å²) in [5.74, 6) is 0. The second-order valence-corrected chi connectivity index (χ2v) is 13.6. The molecule has 0 amide bonds. The van der Waals surface area contributed by atoms with E-state index < -0.39 is 154 Å². The highest BCUT2D eigenvalue weighted by Crippen LogP contribution is 2.35. The molecule has 5 fully saturated rings. The standard InChI is InChI=1S/C28H54N6O17/c29-2-8-15(37)18(40)12(33)25(45-8)49-22-7(32)1-6(31)14(36)24(22)51-28-21(43)23(50-26-13(34)19(41)16(38)9(3-30)46-26)11(48-28)5-44-27-20(42)17(39)10(4-35)47-27/h6-28,35-43H,1-5,29-34H2/t6-,7+,8-,9-,10-,11-,12-,13-,14+,15-,16-,17-,18-,19-,20-,21-,22-,23-,24-,25-,26-,27-,28+/m1/s1. The molecular formula is C28H54N6O17. The molecule has 5 aliphatic rings. The number of nitrogens with two attached hydrogens (primary N) is 6. The Bertz CT molecular complexity index is 1110. The van der Waals surface area contributed by atoms with Gasteiger partial charge < -0.3 is 118 Å². The van der Waals surface area contributed by atoms with Crippen LogP contribution in [-0.4, -0.2) is 213 Å². The van der Waals surface area contributed by atoms with E-state index in [0.717, 1.165) is 0 Å². The Morgan fingerprint density at radius 3 is 1.45 bits per heavy atom. The van der Waals surface area contributed by atoms with Crippen LogP contribution >= 0.6 is 0 Å².